The summed E-state index contributed by atoms with van der Waals surface area (Å²) in [6, 6.07) is 23.1. The van der Waals surface area contributed by atoms with Gasteiger partial charge in [0.2, 0.25) is 0 Å². The number of fused-ring (bicyclic) bond motifs is 3. The molecule has 0 aromatic heterocycles. The number of carbonyl (C=O) groups excluding carboxylic acids is 2. The molecule has 31 heavy (non-hydrogen) atoms. The first-order valence-corrected chi connectivity index (χ1v) is 10.9. The van der Waals surface area contributed by atoms with Crippen LogP contribution in [-0.4, -0.2) is 24.7 Å². The van der Waals surface area contributed by atoms with E-state index in [2.05, 4.69) is 33.4 Å². The van der Waals surface area contributed by atoms with Crippen LogP contribution >= 0.6 is 15.9 Å². The average molecular weight is 479 g/mol. The number of aliphatic carboxylic acids is 1. The van der Waals surface area contributed by atoms with Crippen molar-refractivity contribution < 1.29 is 19.4 Å². The van der Waals surface area contributed by atoms with Crippen LogP contribution in [0.2, 0.25) is 0 Å². The number of amides is 1. The molecule has 0 saturated carbocycles. The fraction of sp³-hybridized carbons (Fsp3) is 0.200. The number of carbonyl (C=O) groups is 2. The quantitative estimate of drug-likeness (QED) is 0.555. The molecule has 158 valence electrons. The second kappa shape index (κ2) is 9.35. The van der Waals surface area contributed by atoms with E-state index >= 15 is 0 Å². The van der Waals surface area contributed by atoms with E-state index in [4.69, 9.17) is 4.74 Å². The largest absolute Gasteiger partial charge is 0.550 e. The Bertz CT molecular complexity index is 1050. The SMILES string of the molecule is O=C([O-])C[C@@H](Cc1ccc(Br)cc1)NC(=O)OCC1c2ccccc2-c2ccccc21. The van der Waals surface area contributed by atoms with Crippen LogP contribution in [0.1, 0.15) is 29.0 Å². The van der Waals surface area contributed by atoms with Crippen molar-refractivity contribution in [3.63, 3.8) is 0 Å². The molecule has 0 heterocycles. The van der Waals surface area contributed by atoms with Crippen molar-refractivity contribution in [2.45, 2.75) is 24.8 Å². The number of nitrogens with one attached hydrogen (secondary N) is 1. The Morgan fingerprint density at radius 1 is 0.935 bits per heavy atom. The summed E-state index contributed by atoms with van der Waals surface area (Å²) in [5.41, 5.74) is 5.46. The molecule has 0 unspecified atom stereocenters. The van der Waals surface area contributed by atoms with Gasteiger partial charge in [0, 0.05) is 28.8 Å². The lowest BCUT2D eigenvalue weighted by atomic mass is 9.98. The molecule has 0 spiro atoms. The van der Waals surface area contributed by atoms with Crippen LogP contribution in [0.3, 0.4) is 0 Å². The average Bonchev–Trinajstić information content (AvgIpc) is 3.07. The summed E-state index contributed by atoms with van der Waals surface area (Å²) in [6.45, 7) is 0.177. The summed E-state index contributed by atoms with van der Waals surface area (Å²) >= 11 is 3.37. The maximum Gasteiger partial charge on any atom is 0.407 e. The van der Waals surface area contributed by atoms with Gasteiger partial charge < -0.3 is 20.0 Å². The highest BCUT2D eigenvalue weighted by molar-refractivity contribution is 9.10. The number of rotatable bonds is 7. The molecule has 4 rings (SSSR count). The summed E-state index contributed by atoms with van der Waals surface area (Å²) in [5, 5.41) is 13.9. The van der Waals surface area contributed by atoms with Gasteiger partial charge in [-0.2, -0.15) is 0 Å². The Morgan fingerprint density at radius 3 is 2.10 bits per heavy atom. The van der Waals surface area contributed by atoms with Crippen LogP contribution in [0.5, 0.6) is 0 Å². The van der Waals surface area contributed by atoms with Crippen molar-refractivity contribution >= 4 is 28.0 Å². The zero-order valence-corrected chi connectivity index (χ0v) is 18.3. The van der Waals surface area contributed by atoms with E-state index in [1.807, 2.05) is 60.7 Å². The first-order valence-electron chi connectivity index (χ1n) is 10.1. The molecule has 5 nitrogen and oxygen atoms in total. The van der Waals surface area contributed by atoms with Crippen LogP contribution in [0, 0.1) is 0 Å². The standard InChI is InChI=1S/C25H22BrNO4/c26-17-11-9-16(10-12-17)13-18(14-24(28)29)27-25(30)31-15-23-21-7-3-1-5-19(21)20-6-2-4-8-22(20)23/h1-12,18,23H,13-15H2,(H,27,30)(H,28,29)/p-1/t18-/m1/s1. The third-order valence-electron chi connectivity index (χ3n) is 5.47. The van der Waals surface area contributed by atoms with Gasteiger partial charge in [0.1, 0.15) is 6.61 Å². The molecule has 3 aromatic carbocycles. The lowest BCUT2D eigenvalue weighted by Crippen LogP contribution is -2.41. The van der Waals surface area contributed by atoms with Crippen LogP contribution in [0.4, 0.5) is 4.79 Å². The molecule has 6 heteroatoms. The van der Waals surface area contributed by atoms with E-state index in [1.54, 1.807) is 0 Å². The monoisotopic (exact) mass is 478 g/mol. The topological polar surface area (TPSA) is 78.5 Å². The zero-order valence-electron chi connectivity index (χ0n) is 16.7. The predicted molar refractivity (Wildman–Crippen MR) is 119 cm³/mol. The lowest BCUT2D eigenvalue weighted by Gasteiger charge is -2.20. The predicted octanol–water partition coefficient (Wildman–Crippen LogP) is 4.04. The van der Waals surface area contributed by atoms with Crippen LogP contribution in [-0.2, 0) is 16.0 Å². The smallest absolute Gasteiger partial charge is 0.407 e. The number of hydrogen-bond acceptors (Lipinski definition) is 4. The van der Waals surface area contributed by atoms with Crippen molar-refractivity contribution in [2.24, 2.45) is 0 Å². The number of hydrogen-bond donors (Lipinski definition) is 1. The highest BCUT2D eigenvalue weighted by atomic mass is 79.9. The Hall–Kier alpha value is -3.12. The summed E-state index contributed by atoms with van der Waals surface area (Å²) in [4.78, 5) is 23.7. The zero-order chi connectivity index (χ0) is 21.8. The second-order valence-electron chi connectivity index (χ2n) is 7.57. The second-order valence-corrected chi connectivity index (χ2v) is 8.49. The van der Waals surface area contributed by atoms with Crippen LogP contribution in [0.25, 0.3) is 11.1 Å². The molecule has 0 fully saturated rings. The Balaban J connectivity index is 1.42. The minimum Gasteiger partial charge on any atom is -0.550 e. The van der Waals surface area contributed by atoms with Gasteiger partial charge in [0.25, 0.3) is 0 Å². The third-order valence-corrected chi connectivity index (χ3v) is 6.00. The summed E-state index contributed by atoms with van der Waals surface area (Å²) in [7, 11) is 0. The molecule has 3 aromatic rings. The van der Waals surface area contributed by atoms with E-state index in [1.165, 1.54) is 0 Å². The molecular formula is C25H21BrNO4-. The van der Waals surface area contributed by atoms with E-state index in [-0.39, 0.29) is 18.9 Å². The van der Waals surface area contributed by atoms with Gasteiger partial charge in [0.15, 0.2) is 0 Å². The number of carboxylic acids is 1. The third kappa shape index (κ3) is 4.97. The van der Waals surface area contributed by atoms with Crippen LogP contribution in [0.15, 0.2) is 77.3 Å². The first-order chi connectivity index (χ1) is 15.0. The molecule has 0 bridgehead atoms. The van der Waals surface area contributed by atoms with Crippen molar-refractivity contribution in [1.82, 2.24) is 5.32 Å². The molecule has 0 aliphatic heterocycles. The molecule has 1 amide bonds. The molecule has 1 atom stereocenters. The van der Waals surface area contributed by atoms with Gasteiger partial charge >= 0.3 is 6.09 Å². The molecule has 1 aliphatic carbocycles. The number of alkyl carbamates (subject to hydrolysis) is 1. The van der Waals surface area contributed by atoms with Crippen molar-refractivity contribution in [3.8, 4) is 11.1 Å². The van der Waals surface area contributed by atoms with Crippen molar-refractivity contribution in [2.75, 3.05) is 6.61 Å². The first kappa shape index (κ1) is 21.1. The van der Waals surface area contributed by atoms with Gasteiger partial charge in [-0.1, -0.05) is 76.6 Å². The lowest BCUT2D eigenvalue weighted by molar-refractivity contribution is -0.306. The number of ether oxygens (including phenoxy) is 1. The summed E-state index contributed by atoms with van der Waals surface area (Å²) < 4.78 is 6.47. The van der Waals surface area contributed by atoms with Gasteiger partial charge in [0.05, 0.1) is 0 Å². The fourth-order valence-corrected chi connectivity index (χ4v) is 4.35. The normalized spacial score (nSPS) is 13.2. The number of carboxylic acid groups (broad SMARTS) is 1. The molecule has 1 aliphatic rings. The van der Waals surface area contributed by atoms with E-state index in [0.717, 1.165) is 32.3 Å². The van der Waals surface area contributed by atoms with Gasteiger partial charge in [-0.05, 0) is 46.4 Å². The fourth-order valence-electron chi connectivity index (χ4n) is 4.09. The number of halogens is 1. The molecular weight excluding hydrogens is 458 g/mol. The Labute approximate surface area is 189 Å². The number of benzene rings is 3. The van der Waals surface area contributed by atoms with Crippen LogP contribution < -0.4 is 10.4 Å². The van der Waals surface area contributed by atoms with Gasteiger partial charge in [-0.3, -0.25) is 0 Å². The highest BCUT2D eigenvalue weighted by Gasteiger charge is 2.29. The maximum atomic E-state index is 12.5. The Morgan fingerprint density at radius 2 is 1.52 bits per heavy atom. The molecule has 1 N–H and O–H groups in total. The molecule has 0 radical (unpaired) electrons. The minimum absolute atomic E-state index is 0.0517. The van der Waals surface area contributed by atoms with Crippen molar-refractivity contribution in [3.05, 3.63) is 94.0 Å². The highest BCUT2D eigenvalue weighted by Crippen LogP contribution is 2.44. The maximum absolute atomic E-state index is 12.5. The van der Waals surface area contributed by atoms with Gasteiger partial charge in [-0.15, -0.1) is 0 Å². The summed E-state index contributed by atoms with van der Waals surface area (Å²) in [5.74, 6) is -1.27. The Kier molecular flexibility index (Phi) is 6.37. The minimum atomic E-state index is -1.22. The van der Waals surface area contributed by atoms with E-state index in [0.29, 0.717) is 6.42 Å². The summed E-state index contributed by atoms with van der Waals surface area (Å²) in [6.07, 6.45) is -0.559. The van der Waals surface area contributed by atoms with Crippen molar-refractivity contribution in [1.29, 1.82) is 0 Å². The van der Waals surface area contributed by atoms with Gasteiger partial charge in [-0.25, -0.2) is 4.79 Å². The van der Waals surface area contributed by atoms with E-state index < -0.39 is 18.1 Å². The van der Waals surface area contributed by atoms with E-state index in [9.17, 15) is 14.7 Å². The molecule has 0 saturated heterocycles.